The average Bonchev–Trinajstić information content (AvgIpc) is 3.08. The summed E-state index contributed by atoms with van der Waals surface area (Å²) in [6.07, 6.45) is 2.96. The van der Waals surface area contributed by atoms with Crippen molar-refractivity contribution < 1.29 is 13.2 Å². The molecule has 1 fully saturated rings. The van der Waals surface area contributed by atoms with Crippen LogP contribution in [0.3, 0.4) is 0 Å². The molecule has 0 bridgehead atoms. The topological polar surface area (TPSA) is 89.0 Å². The fourth-order valence-electron chi connectivity index (χ4n) is 2.49. The van der Waals surface area contributed by atoms with E-state index in [1.165, 1.54) is 23.0 Å². The standard InChI is InChI=1S/C14H17N3O3S3/c1-2-10-5-11-13(15-8-16-14(11)22-10)21-6-12(18)17-9-3-4-23(19,20)7-9/h5,8-9H,2-4,6-7H2,1H3,(H,17,18)/t9-/m0/s1. The van der Waals surface area contributed by atoms with Gasteiger partial charge in [0.05, 0.1) is 17.3 Å². The van der Waals surface area contributed by atoms with E-state index in [1.54, 1.807) is 11.3 Å². The fourth-order valence-corrected chi connectivity index (χ4v) is 5.94. The molecular formula is C14H17N3O3S3. The Labute approximate surface area is 143 Å². The van der Waals surface area contributed by atoms with Gasteiger partial charge in [-0.05, 0) is 18.9 Å². The van der Waals surface area contributed by atoms with Crippen molar-refractivity contribution in [2.24, 2.45) is 0 Å². The molecule has 1 atom stereocenters. The normalized spacial score (nSPS) is 20.0. The van der Waals surface area contributed by atoms with Gasteiger partial charge >= 0.3 is 0 Å². The van der Waals surface area contributed by atoms with Crippen LogP contribution in [0.1, 0.15) is 18.2 Å². The molecule has 1 N–H and O–H groups in total. The molecule has 1 aliphatic rings. The minimum atomic E-state index is -2.98. The molecule has 9 heteroatoms. The Morgan fingerprint density at radius 3 is 3.00 bits per heavy atom. The third-order valence-corrected chi connectivity index (χ3v) is 7.59. The van der Waals surface area contributed by atoms with E-state index in [9.17, 15) is 13.2 Å². The van der Waals surface area contributed by atoms with Crippen molar-refractivity contribution in [2.45, 2.75) is 30.8 Å². The zero-order chi connectivity index (χ0) is 16.4. The molecule has 6 nitrogen and oxygen atoms in total. The van der Waals surface area contributed by atoms with Gasteiger partial charge < -0.3 is 5.32 Å². The second kappa shape index (κ2) is 6.74. The molecule has 3 rings (SSSR count). The molecule has 23 heavy (non-hydrogen) atoms. The van der Waals surface area contributed by atoms with Crippen LogP contribution in [0, 0.1) is 0 Å². The molecular weight excluding hydrogens is 354 g/mol. The highest BCUT2D eigenvalue weighted by molar-refractivity contribution is 8.00. The molecule has 0 aromatic carbocycles. The number of thioether (sulfide) groups is 1. The molecule has 3 heterocycles. The molecule has 2 aromatic heterocycles. The molecule has 0 spiro atoms. The van der Waals surface area contributed by atoms with Crippen LogP contribution in [-0.4, -0.2) is 47.6 Å². The van der Waals surface area contributed by atoms with Crippen LogP contribution in [0.4, 0.5) is 0 Å². The van der Waals surface area contributed by atoms with Crippen molar-refractivity contribution in [3.8, 4) is 0 Å². The summed E-state index contributed by atoms with van der Waals surface area (Å²) in [5, 5.41) is 4.56. The van der Waals surface area contributed by atoms with E-state index in [1.807, 2.05) is 0 Å². The summed E-state index contributed by atoms with van der Waals surface area (Å²) >= 11 is 3.00. The van der Waals surface area contributed by atoms with Crippen molar-refractivity contribution in [3.05, 3.63) is 17.3 Å². The molecule has 0 saturated carbocycles. The van der Waals surface area contributed by atoms with E-state index in [0.29, 0.717) is 6.42 Å². The Balaban J connectivity index is 1.62. The van der Waals surface area contributed by atoms with Crippen molar-refractivity contribution in [3.63, 3.8) is 0 Å². The van der Waals surface area contributed by atoms with Crippen LogP contribution in [0.25, 0.3) is 10.2 Å². The van der Waals surface area contributed by atoms with Crippen molar-refractivity contribution in [1.29, 1.82) is 0 Å². The van der Waals surface area contributed by atoms with E-state index < -0.39 is 9.84 Å². The highest BCUT2D eigenvalue weighted by Crippen LogP contribution is 2.30. The van der Waals surface area contributed by atoms with Crippen LogP contribution in [0.2, 0.25) is 0 Å². The lowest BCUT2D eigenvalue weighted by atomic mass is 10.3. The highest BCUT2D eigenvalue weighted by atomic mass is 32.2. The predicted octanol–water partition coefficient (Wildman–Crippen LogP) is 1.65. The maximum Gasteiger partial charge on any atom is 0.230 e. The zero-order valence-corrected chi connectivity index (χ0v) is 15.1. The number of sulfone groups is 1. The Morgan fingerprint density at radius 1 is 1.48 bits per heavy atom. The van der Waals surface area contributed by atoms with Crippen molar-refractivity contribution in [2.75, 3.05) is 17.3 Å². The van der Waals surface area contributed by atoms with Crippen molar-refractivity contribution in [1.82, 2.24) is 15.3 Å². The molecule has 124 valence electrons. The molecule has 1 aliphatic heterocycles. The Morgan fingerprint density at radius 2 is 2.30 bits per heavy atom. The molecule has 1 amide bonds. The molecule has 2 aromatic rings. The van der Waals surface area contributed by atoms with Gasteiger partial charge in [0.1, 0.15) is 16.2 Å². The Bertz CT molecular complexity index is 832. The third-order valence-electron chi connectivity index (χ3n) is 3.63. The van der Waals surface area contributed by atoms with Gasteiger partial charge in [0.25, 0.3) is 0 Å². The van der Waals surface area contributed by atoms with Crippen LogP contribution < -0.4 is 5.32 Å². The van der Waals surface area contributed by atoms with Crippen molar-refractivity contribution >= 4 is 49.1 Å². The smallest absolute Gasteiger partial charge is 0.230 e. The summed E-state index contributed by atoms with van der Waals surface area (Å²) in [4.78, 5) is 22.7. The number of amides is 1. The summed E-state index contributed by atoms with van der Waals surface area (Å²) < 4.78 is 22.8. The minimum Gasteiger partial charge on any atom is -0.352 e. The van der Waals surface area contributed by atoms with Gasteiger partial charge in [0.2, 0.25) is 5.91 Å². The summed E-state index contributed by atoms with van der Waals surface area (Å²) in [5.74, 6) is 0.271. The first-order valence-electron chi connectivity index (χ1n) is 7.33. The third kappa shape index (κ3) is 4.02. The van der Waals surface area contributed by atoms with Gasteiger partial charge in [-0.15, -0.1) is 11.3 Å². The molecule has 0 radical (unpaired) electrons. The number of thiophene rings is 1. The second-order valence-corrected chi connectivity index (χ2v) is 9.73. The summed E-state index contributed by atoms with van der Waals surface area (Å²) in [7, 11) is -2.98. The number of carbonyl (C=O) groups is 1. The molecule has 1 saturated heterocycles. The van der Waals surface area contributed by atoms with E-state index in [4.69, 9.17) is 0 Å². The predicted molar refractivity (Wildman–Crippen MR) is 92.7 cm³/mol. The average molecular weight is 372 g/mol. The zero-order valence-electron chi connectivity index (χ0n) is 12.6. The molecule has 0 unspecified atom stereocenters. The Kier molecular flexibility index (Phi) is 4.88. The number of hydrogen-bond acceptors (Lipinski definition) is 7. The van der Waals surface area contributed by atoms with Gasteiger partial charge in [0.15, 0.2) is 9.84 Å². The number of nitrogens with one attached hydrogen (secondary N) is 1. The van der Waals surface area contributed by atoms with E-state index in [2.05, 4.69) is 28.3 Å². The number of hydrogen-bond donors (Lipinski definition) is 1. The van der Waals surface area contributed by atoms with E-state index in [-0.39, 0.29) is 29.2 Å². The first-order chi connectivity index (χ1) is 11.0. The summed E-state index contributed by atoms with van der Waals surface area (Å²) in [6, 6.07) is 1.82. The van der Waals surface area contributed by atoms with E-state index >= 15 is 0 Å². The van der Waals surface area contributed by atoms with Crippen LogP contribution in [0.5, 0.6) is 0 Å². The van der Waals surface area contributed by atoms with Crippen LogP contribution in [0.15, 0.2) is 17.4 Å². The fraction of sp³-hybridized carbons (Fsp3) is 0.500. The number of carbonyl (C=O) groups excluding carboxylic acids is 1. The summed E-state index contributed by atoms with van der Waals surface area (Å²) in [5.41, 5.74) is 0. The maximum atomic E-state index is 12.0. The van der Waals surface area contributed by atoms with Gasteiger partial charge in [-0.1, -0.05) is 18.7 Å². The van der Waals surface area contributed by atoms with Gasteiger partial charge in [-0.25, -0.2) is 18.4 Å². The van der Waals surface area contributed by atoms with Crippen LogP contribution in [-0.2, 0) is 21.1 Å². The van der Waals surface area contributed by atoms with Gasteiger partial charge in [0, 0.05) is 16.3 Å². The lowest BCUT2D eigenvalue weighted by molar-refractivity contribution is -0.119. The number of nitrogens with zero attached hydrogens (tertiary/aromatic N) is 2. The second-order valence-electron chi connectivity index (χ2n) is 5.42. The minimum absolute atomic E-state index is 0.0472. The molecule has 0 aliphatic carbocycles. The van der Waals surface area contributed by atoms with Gasteiger partial charge in [-0.2, -0.15) is 0 Å². The summed E-state index contributed by atoms with van der Waals surface area (Å²) in [6.45, 7) is 2.09. The number of aryl methyl sites for hydroxylation is 1. The Hall–Kier alpha value is -1.19. The maximum absolute atomic E-state index is 12.0. The number of rotatable bonds is 5. The number of fused-ring (bicyclic) bond motifs is 1. The first kappa shape index (κ1) is 16.7. The largest absolute Gasteiger partial charge is 0.352 e. The lowest BCUT2D eigenvalue weighted by Crippen LogP contribution is -2.36. The van der Waals surface area contributed by atoms with Crippen LogP contribution >= 0.6 is 23.1 Å². The number of aromatic nitrogens is 2. The van der Waals surface area contributed by atoms with Gasteiger partial charge in [-0.3, -0.25) is 4.79 Å². The SMILES string of the molecule is CCc1cc2c(SCC(=O)N[C@H]3CCS(=O)(=O)C3)ncnc2s1. The quantitative estimate of drug-likeness (QED) is 0.635. The van der Waals surface area contributed by atoms with E-state index in [0.717, 1.165) is 21.7 Å². The monoisotopic (exact) mass is 371 g/mol. The first-order valence-corrected chi connectivity index (χ1v) is 10.9. The lowest BCUT2D eigenvalue weighted by Gasteiger charge is -2.10. The highest BCUT2D eigenvalue weighted by Gasteiger charge is 2.28.